The Kier molecular flexibility index (Phi) is 8.65. The number of ether oxygens (including phenoxy) is 1. The highest BCUT2D eigenvalue weighted by Gasteiger charge is 2.44. The lowest BCUT2D eigenvalue weighted by atomic mass is 9.72. The number of halogens is 6. The fourth-order valence-corrected chi connectivity index (χ4v) is 7.45. The van der Waals surface area contributed by atoms with E-state index in [0.717, 1.165) is 24.1 Å². The van der Waals surface area contributed by atoms with Crippen molar-refractivity contribution in [2.45, 2.75) is 37.3 Å². The van der Waals surface area contributed by atoms with Gasteiger partial charge in [0.15, 0.2) is 0 Å². The molecule has 4 aromatic carbocycles. The summed E-state index contributed by atoms with van der Waals surface area (Å²) in [7, 11) is 1.53. The summed E-state index contributed by atoms with van der Waals surface area (Å²) in [6.07, 6.45) is -6.63. The summed E-state index contributed by atoms with van der Waals surface area (Å²) < 4.78 is 87.4. The zero-order valence-electron chi connectivity index (χ0n) is 27.2. The number of nitrogens with zero attached hydrogens (tertiary/aromatic N) is 2. The van der Waals surface area contributed by atoms with Crippen LogP contribution in [0.4, 0.5) is 43.4 Å². The number of rotatable bonds is 9. The van der Waals surface area contributed by atoms with Crippen LogP contribution in [0.1, 0.15) is 35.6 Å². The van der Waals surface area contributed by atoms with Gasteiger partial charge in [-0.2, -0.15) is 26.3 Å². The van der Waals surface area contributed by atoms with Crippen LogP contribution in [0.25, 0.3) is 22.2 Å². The van der Waals surface area contributed by atoms with Crippen molar-refractivity contribution in [2.75, 3.05) is 30.8 Å². The molecule has 13 heteroatoms. The van der Waals surface area contributed by atoms with Crippen LogP contribution in [-0.2, 0) is 12.4 Å². The lowest BCUT2D eigenvalue weighted by molar-refractivity contribution is -0.143. The molecule has 1 aromatic heterocycles. The molecule has 2 bridgehead atoms. The largest absolute Gasteiger partial charge is 0.497 e. The number of fused-ring (bicyclic) bond motifs is 4. The van der Waals surface area contributed by atoms with Gasteiger partial charge in [0.25, 0.3) is 10.9 Å². The molecule has 0 spiro atoms. The molecule has 3 saturated heterocycles. The molecule has 0 radical (unpaired) electrons. The van der Waals surface area contributed by atoms with Crippen molar-refractivity contribution in [2.24, 2.45) is 11.8 Å². The van der Waals surface area contributed by atoms with Crippen LogP contribution in [0.5, 0.6) is 5.75 Å². The first kappa shape index (κ1) is 34.3. The van der Waals surface area contributed by atoms with Crippen LogP contribution < -0.4 is 26.2 Å². The quantitative estimate of drug-likeness (QED) is 0.0906. The van der Waals surface area contributed by atoms with E-state index in [9.17, 15) is 35.9 Å². The molecule has 2 N–H and O–H groups in total. The topological polar surface area (TPSA) is 83.6 Å². The Morgan fingerprint density at radius 2 is 1.61 bits per heavy atom. The Balaban J connectivity index is 1.37. The molecule has 0 amide bonds. The fourth-order valence-electron chi connectivity index (χ4n) is 7.45. The number of methoxy groups -OCH3 is 1. The molecule has 3 fully saturated rings. The van der Waals surface area contributed by atoms with E-state index >= 15 is 0 Å². The molecule has 5 atom stereocenters. The minimum Gasteiger partial charge on any atom is -0.497 e. The van der Waals surface area contributed by atoms with E-state index in [1.165, 1.54) is 7.11 Å². The number of hydrogen-bond acceptors (Lipinski definition) is 7. The lowest BCUT2D eigenvalue weighted by Crippen LogP contribution is -2.56. The van der Waals surface area contributed by atoms with Gasteiger partial charge in [-0.25, -0.2) is 4.98 Å². The molecule has 4 heterocycles. The Labute approximate surface area is 288 Å². The van der Waals surface area contributed by atoms with Crippen molar-refractivity contribution in [1.29, 1.82) is 0 Å². The molecule has 51 heavy (non-hydrogen) atoms. The van der Waals surface area contributed by atoms with Crippen molar-refractivity contribution in [3.05, 3.63) is 123 Å². The van der Waals surface area contributed by atoms with Crippen molar-refractivity contribution >= 4 is 28.0 Å². The SMILES string of the molecule is C=C[C@H]1CN2CC[C@H]1C[C@H]2C(Nc1c(Nc2cc(C(F)(F)F)cc(C(F)(F)F)c2)c(=O)c1=O)c1cc(-c2ccccc2)nc2ccc(OC)cc12. The van der Waals surface area contributed by atoms with E-state index in [1.54, 1.807) is 6.07 Å². The van der Waals surface area contributed by atoms with Gasteiger partial charge in [0.2, 0.25) is 0 Å². The Morgan fingerprint density at radius 1 is 0.922 bits per heavy atom. The molecular formula is C38H32F6N4O3. The number of pyridine rings is 1. The maximum absolute atomic E-state index is 13.6. The zero-order valence-corrected chi connectivity index (χ0v) is 27.2. The maximum Gasteiger partial charge on any atom is 0.416 e. The average Bonchev–Trinajstić information content (AvgIpc) is 3.13. The van der Waals surface area contributed by atoms with E-state index in [2.05, 4.69) is 22.1 Å². The minimum absolute atomic E-state index is 0.00127. The van der Waals surface area contributed by atoms with Gasteiger partial charge in [-0.1, -0.05) is 36.4 Å². The molecule has 3 aliphatic rings. The standard InChI is InChI=1S/C38H32F6N4O3/c1-3-20-19-48-12-11-22(20)13-31(48)32(28-18-30(21-7-5-4-6-8-21)46-29-10-9-26(51-2)17-27(28)29)47-34-33(35(49)36(34)50)45-25-15-23(37(39,40)41)14-24(16-25)38(42,43)44/h3-10,14-18,20,22,31-32,45,47H,1,11-13,19H2,2H3/t20-,22-,31-,32?/m0/s1. The van der Waals surface area contributed by atoms with Crippen LogP contribution in [0.15, 0.2) is 95.0 Å². The molecule has 0 aliphatic carbocycles. The number of hydrogen-bond donors (Lipinski definition) is 2. The Bertz CT molecular complexity index is 2160. The van der Waals surface area contributed by atoms with Crippen molar-refractivity contribution in [3.8, 4) is 17.0 Å². The van der Waals surface area contributed by atoms with Gasteiger partial charge >= 0.3 is 12.4 Å². The van der Waals surface area contributed by atoms with E-state index < -0.39 is 51.8 Å². The van der Waals surface area contributed by atoms with E-state index in [0.29, 0.717) is 47.4 Å². The van der Waals surface area contributed by atoms with Crippen LogP contribution in [0.2, 0.25) is 0 Å². The predicted molar refractivity (Wildman–Crippen MR) is 183 cm³/mol. The molecule has 3 aliphatic heterocycles. The van der Waals surface area contributed by atoms with Crippen molar-refractivity contribution in [3.63, 3.8) is 0 Å². The van der Waals surface area contributed by atoms with Gasteiger partial charge in [0.05, 0.1) is 35.5 Å². The molecular weight excluding hydrogens is 674 g/mol. The minimum atomic E-state index is -5.10. The van der Waals surface area contributed by atoms with Crippen LogP contribution in [-0.4, -0.2) is 36.1 Å². The second-order valence-corrected chi connectivity index (χ2v) is 13.0. The Morgan fingerprint density at radius 3 is 2.22 bits per heavy atom. The molecule has 8 rings (SSSR count). The summed E-state index contributed by atoms with van der Waals surface area (Å²) in [5.74, 6) is 1.08. The number of piperidine rings is 3. The second-order valence-electron chi connectivity index (χ2n) is 13.0. The van der Waals surface area contributed by atoms with Crippen molar-refractivity contribution < 1.29 is 31.1 Å². The van der Waals surface area contributed by atoms with Gasteiger partial charge in [-0.3, -0.25) is 14.5 Å². The van der Waals surface area contributed by atoms with Gasteiger partial charge in [0.1, 0.15) is 17.1 Å². The van der Waals surface area contributed by atoms with E-state index in [-0.39, 0.29) is 29.6 Å². The number of alkyl halides is 6. The molecule has 7 nitrogen and oxygen atoms in total. The average molecular weight is 707 g/mol. The van der Waals surface area contributed by atoms with Gasteiger partial charge in [-0.05, 0) is 79.3 Å². The zero-order chi connectivity index (χ0) is 36.2. The van der Waals surface area contributed by atoms with Gasteiger partial charge < -0.3 is 15.4 Å². The Hall–Kier alpha value is -5.17. The van der Waals surface area contributed by atoms with Crippen LogP contribution in [0.3, 0.4) is 0 Å². The third-order valence-corrected chi connectivity index (χ3v) is 10.1. The molecule has 2 unspecified atom stereocenters. The summed E-state index contributed by atoms with van der Waals surface area (Å²) >= 11 is 0. The molecule has 0 saturated carbocycles. The predicted octanol–water partition coefficient (Wildman–Crippen LogP) is 8.34. The summed E-state index contributed by atoms with van der Waals surface area (Å²) in [6, 6.07) is 16.8. The third-order valence-electron chi connectivity index (χ3n) is 10.1. The lowest BCUT2D eigenvalue weighted by Gasteiger charge is -2.52. The van der Waals surface area contributed by atoms with Crippen LogP contribution >= 0.6 is 0 Å². The highest BCUT2D eigenvalue weighted by molar-refractivity contribution is 5.88. The van der Waals surface area contributed by atoms with Gasteiger partial charge in [0, 0.05) is 29.2 Å². The highest BCUT2D eigenvalue weighted by Crippen LogP contribution is 2.45. The van der Waals surface area contributed by atoms with Crippen LogP contribution in [0, 0.1) is 11.8 Å². The number of aromatic nitrogens is 1. The first-order valence-electron chi connectivity index (χ1n) is 16.3. The van der Waals surface area contributed by atoms with Crippen molar-refractivity contribution in [1.82, 2.24) is 9.88 Å². The molecule has 264 valence electrons. The fraction of sp³-hybridized carbons (Fsp3) is 0.289. The number of nitrogens with one attached hydrogen (secondary N) is 2. The first-order valence-corrected chi connectivity index (χ1v) is 16.3. The smallest absolute Gasteiger partial charge is 0.416 e. The normalized spacial score (nSPS) is 21.1. The third kappa shape index (κ3) is 6.46. The van der Waals surface area contributed by atoms with E-state index in [4.69, 9.17) is 9.72 Å². The molecule has 5 aromatic rings. The summed E-state index contributed by atoms with van der Waals surface area (Å²) in [6.45, 7) is 5.48. The number of anilines is 3. The summed E-state index contributed by atoms with van der Waals surface area (Å²) in [4.78, 5) is 33.4. The first-order chi connectivity index (χ1) is 24.2. The highest BCUT2D eigenvalue weighted by atomic mass is 19.4. The summed E-state index contributed by atoms with van der Waals surface area (Å²) in [5.41, 5.74) is -3.58. The van der Waals surface area contributed by atoms with Gasteiger partial charge in [-0.15, -0.1) is 6.58 Å². The maximum atomic E-state index is 13.6. The second kappa shape index (κ2) is 12.9. The van der Waals surface area contributed by atoms with E-state index in [1.807, 2.05) is 54.6 Å². The summed E-state index contributed by atoms with van der Waals surface area (Å²) in [5, 5.41) is 6.40. The number of benzene rings is 3. The monoisotopic (exact) mass is 706 g/mol.